The van der Waals surface area contributed by atoms with E-state index in [1.165, 1.54) is 4.31 Å². The topological polar surface area (TPSA) is 86.8 Å². The molecule has 44 heavy (non-hydrogen) atoms. The lowest BCUT2D eigenvalue weighted by atomic mass is 9.94. The first-order valence-electron chi connectivity index (χ1n) is 15.3. The van der Waals surface area contributed by atoms with Crippen LogP contribution in [-0.2, 0) is 32.6 Å². The Morgan fingerprint density at radius 2 is 1.50 bits per heavy atom. The van der Waals surface area contributed by atoms with Gasteiger partial charge in [-0.2, -0.15) is 0 Å². The predicted molar refractivity (Wildman–Crippen MR) is 177 cm³/mol. The molecule has 1 atom stereocenters. The molecule has 5 rings (SSSR count). The van der Waals surface area contributed by atoms with Crippen molar-refractivity contribution in [1.82, 2.24) is 10.2 Å². The zero-order valence-electron chi connectivity index (χ0n) is 25.5. The summed E-state index contributed by atoms with van der Waals surface area (Å²) >= 11 is 0. The number of fused-ring (bicyclic) bond motifs is 1. The minimum Gasteiger partial charge on any atom is -0.352 e. The fourth-order valence-electron chi connectivity index (χ4n) is 6.09. The number of benzene rings is 4. The first-order valence-corrected chi connectivity index (χ1v) is 17.2. The average Bonchev–Trinajstić information content (AvgIpc) is 3.02. The highest BCUT2D eigenvalue weighted by Gasteiger charge is 2.34. The van der Waals surface area contributed by atoms with E-state index in [2.05, 4.69) is 5.32 Å². The Morgan fingerprint density at radius 3 is 2.23 bits per heavy atom. The number of carbonyl (C=O) groups is 2. The summed E-state index contributed by atoms with van der Waals surface area (Å²) in [6.45, 7) is 1.72. The number of rotatable bonds is 11. The highest BCUT2D eigenvalue weighted by Crippen LogP contribution is 2.29. The van der Waals surface area contributed by atoms with Crippen molar-refractivity contribution < 1.29 is 18.0 Å². The van der Waals surface area contributed by atoms with Crippen LogP contribution in [0, 0.1) is 6.92 Å². The van der Waals surface area contributed by atoms with Crippen molar-refractivity contribution in [3.63, 3.8) is 0 Å². The van der Waals surface area contributed by atoms with Gasteiger partial charge in [0.1, 0.15) is 12.6 Å². The Morgan fingerprint density at radius 1 is 0.841 bits per heavy atom. The van der Waals surface area contributed by atoms with Gasteiger partial charge in [-0.3, -0.25) is 13.9 Å². The number of hydrogen-bond donors (Lipinski definition) is 1. The van der Waals surface area contributed by atoms with Crippen molar-refractivity contribution in [3.8, 4) is 0 Å². The van der Waals surface area contributed by atoms with Crippen LogP contribution in [0.5, 0.6) is 0 Å². The number of nitrogens with zero attached hydrogens (tertiary/aromatic N) is 2. The molecule has 0 bridgehead atoms. The van der Waals surface area contributed by atoms with Gasteiger partial charge < -0.3 is 10.2 Å². The van der Waals surface area contributed by atoms with Gasteiger partial charge >= 0.3 is 0 Å². The first kappa shape index (κ1) is 31.3. The van der Waals surface area contributed by atoms with Crippen LogP contribution in [0.4, 0.5) is 5.69 Å². The van der Waals surface area contributed by atoms with Crippen LogP contribution in [0.25, 0.3) is 10.8 Å². The third kappa shape index (κ3) is 7.66. The van der Waals surface area contributed by atoms with Gasteiger partial charge in [-0.05, 0) is 47.9 Å². The molecule has 4 aromatic rings. The van der Waals surface area contributed by atoms with E-state index in [-0.39, 0.29) is 18.5 Å². The van der Waals surface area contributed by atoms with Gasteiger partial charge in [0.2, 0.25) is 21.8 Å². The zero-order valence-corrected chi connectivity index (χ0v) is 26.3. The molecule has 0 unspecified atom stereocenters. The smallest absolute Gasteiger partial charge is 0.244 e. The lowest BCUT2D eigenvalue weighted by Gasteiger charge is -2.35. The summed E-state index contributed by atoms with van der Waals surface area (Å²) in [6.07, 6.45) is 6.54. The monoisotopic (exact) mass is 611 g/mol. The van der Waals surface area contributed by atoms with Crippen molar-refractivity contribution in [2.45, 2.75) is 64.1 Å². The summed E-state index contributed by atoms with van der Waals surface area (Å²) in [4.78, 5) is 30.2. The van der Waals surface area contributed by atoms with Gasteiger partial charge in [0, 0.05) is 24.4 Å². The van der Waals surface area contributed by atoms with E-state index < -0.39 is 28.5 Å². The van der Waals surface area contributed by atoms with E-state index in [0.29, 0.717) is 12.1 Å². The minimum atomic E-state index is -3.86. The highest BCUT2D eigenvalue weighted by molar-refractivity contribution is 7.92. The van der Waals surface area contributed by atoms with E-state index in [9.17, 15) is 18.0 Å². The van der Waals surface area contributed by atoms with E-state index in [4.69, 9.17) is 0 Å². The molecule has 1 aliphatic rings. The SMILES string of the molecule is Cc1ccccc1CN(C(=O)CN(c1cccc2ccccc12)S(C)(=O)=O)[C@@H](Cc1ccccc1)C(=O)NC1CCCCC1. The van der Waals surface area contributed by atoms with Crippen molar-refractivity contribution in [3.05, 3.63) is 114 Å². The summed E-state index contributed by atoms with van der Waals surface area (Å²) < 4.78 is 27.7. The second-order valence-electron chi connectivity index (χ2n) is 11.8. The molecule has 0 saturated heterocycles. The molecule has 0 spiro atoms. The van der Waals surface area contributed by atoms with E-state index in [1.54, 1.807) is 17.0 Å². The molecular formula is C36H41N3O4S. The van der Waals surface area contributed by atoms with Crippen molar-refractivity contribution >= 4 is 38.3 Å². The minimum absolute atomic E-state index is 0.0631. The van der Waals surface area contributed by atoms with Gasteiger partial charge in [-0.15, -0.1) is 0 Å². The van der Waals surface area contributed by atoms with Gasteiger partial charge in [-0.1, -0.05) is 110 Å². The van der Waals surface area contributed by atoms with Crippen LogP contribution in [0.15, 0.2) is 97.1 Å². The number of hydrogen-bond acceptors (Lipinski definition) is 4. The molecule has 8 heteroatoms. The molecule has 230 valence electrons. The van der Waals surface area contributed by atoms with Gasteiger partial charge in [0.25, 0.3) is 0 Å². The Balaban J connectivity index is 1.55. The van der Waals surface area contributed by atoms with E-state index >= 15 is 0 Å². The summed E-state index contributed by atoms with van der Waals surface area (Å²) in [7, 11) is -3.86. The zero-order chi connectivity index (χ0) is 31.1. The molecule has 1 saturated carbocycles. The number of sulfonamides is 1. The van der Waals surface area contributed by atoms with Crippen LogP contribution in [0.1, 0.15) is 48.8 Å². The summed E-state index contributed by atoms with van der Waals surface area (Å²) in [5.74, 6) is -0.648. The van der Waals surface area contributed by atoms with Crippen LogP contribution in [0.3, 0.4) is 0 Å². The number of amides is 2. The Labute approximate surface area is 260 Å². The molecule has 2 amide bonds. The van der Waals surface area contributed by atoms with Gasteiger partial charge in [0.15, 0.2) is 0 Å². The Bertz CT molecular complexity index is 1700. The number of anilines is 1. The van der Waals surface area contributed by atoms with Crippen LogP contribution in [0.2, 0.25) is 0 Å². The van der Waals surface area contributed by atoms with Gasteiger partial charge in [-0.25, -0.2) is 8.42 Å². The molecule has 4 aromatic carbocycles. The van der Waals surface area contributed by atoms with Crippen LogP contribution < -0.4 is 9.62 Å². The number of nitrogens with one attached hydrogen (secondary N) is 1. The largest absolute Gasteiger partial charge is 0.352 e. The quantitative estimate of drug-likeness (QED) is 0.225. The molecular weight excluding hydrogens is 570 g/mol. The van der Waals surface area contributed by atoms with Gasteiger partial charge in [0.05, 0.1) is 11.9 Å². The van der Waals surface area contributed by atoms with E-state index in [1.807, 2.05) is 91.9 Å². The van der Waals surface area contributed by atoms with Crippen molar-refractivity contribution in [2.24, 2.45) is 0 Å². The fraction of sp³-hybridized carbons (Fsp3) is 0.333. The van der Waals surface area contributed by atoms with Crippen LogP contribution in [-0.4, -0.2) is 50.0 Å². The molecule has 0 heterocycles. The Hall–Kier alpha value is -4.17. The third-order valence-corrected chi connectivity index (χ3v) is 9.67. The second-order valence-corrected chi connectivity index (χ2v) is 13.7. The molecule has 0 aromatic heterocycles. The number of carbonyl (C=O) groups excluding carboxylic acids is 2. The second kappa shape index (κ2) is 14.1. The molecule has 1 N–H and O–H groups in total. The molecule has 1 fully saturated rings. The summed E-state index contributed by atoms with van der Waals surface area (Å²) in [5.41, 5.74) is 3.25. The normalized spacial score (nSPS) is 14.6. The molecule has 7 nitrogen and oxygen atoms in total. The van der Waals surface area contributed by atoms with Crippen molar-refractivity contribution in [2.75, 3.05) is 17.1 Å². The molecule has 0 aliphatic heterocycles. The average molecular weight is 612 g/mol. The predicted octanol–water partition coefficient (Wildman–Crippen LogP) is 6.00. The third-order valence-electron chi connectivity index (χ3n) is 8.54. The maximum Gasteiger partial charge on any atom is 0.244 e. The maximum absolute atomic E-state index is 14.5. The Kier molecular flexibility index (Phi) is 10.0. The van der Waals surface area contributed by atoms with E-state index in [0.717, 1.165) is 65.8 Å². The summed E-state index contributed by atoms with van der Waals surface area (Å²) in [6, 6.07) is 29.6. The summed E-state index contributed by atoms with van der Waals surface area (Å²) in [5, 5.41) is 4.85. The van der Waals surface area contributed by atoms with Crippen LogP contribution >= 0.6 is 0 Å². The van der Waals surface area contributed by atoms with Crippen molar-refractivity contribution in [1.29, 1.82) is 0 Å². The first-order chi connectivity index (χ1) is 21.2. The molecule has 0 radical (unpaired) electrons. The lowest BCUT2D eigenvalue weighted by molar-refractivity contribution is -0.140. The molecule has 1 aliphatic carbocycles. The lowest BCUT2D eigenvalue weighted by Crippen LogP contribution is -2.55. The fourth-order valence-corrected chi connectivity index (χ4v) is 6.95. The highest BCUT2D eigenvalue weighted by atomic mass is 32.2. The maximum atomic E-state index is 14.5. The standard InChI is InChI=1S/C36H41N3O4S/c1-27-14-9-10-18-30(27)25-38(34(24-28-15-5-3-6-16-28)36(41)37-31-20-7-4-8-21-31)35(40)26-39(44(2,42)43)33-23-13-19-29-17-11-12-22-32(29)33/h3,5-6,9-19,22-23,31,34H,4,7-8,20-21,24-26H2,1-2H3,(H,37,41)/t34-/m0/s1. The number of aryl methyl sites for hydroxylation is 1.